The lowest BCUT2D eigenvalue weighted by Crippen LogP contribution is -2.60. The number of aromatic hydroxyl groups is 2. The van der Waals surface area contributed by atoms with E-state index in [0.29, 0.717) is 16.9 Å². The molecule has 1 heterocycles. The van der Waals surface area contributed by atoms with E-state index in [1.165, 1.54) is 13.0 Å². The van der Waals surface area contributed by atoms with E-state index < -0.39 is 40.9 Å². The van der Waals surface area contributed by atoms with Gasteiger partial charge >= 0.3 is 5.79 Å². The summed E-state index contributed by atoms with van der Waals surface area (Å²) in [5.74, 6) is -3.91. The molecule has 1 aliphatic carbocycles. The summed E-state index contributed by atoms with van der Waals surface area (Å²) in [5, 5.41) is 33.9. The third-order valence-electron chi connectivity index (χ3n) is 5.48. The monoisotopic (exact) mass is 392 g/mol. The van der Waals surface area contributed by atoms with Gasteiger partial charge in [0, 0.05) is 0 Å². The van der Waals surface area contributed by atoms with Crippen LogP contribution in [0.15, 0.2) is 48.5 Å². The largest absolute Gasteiger partial charge is 0.507 e. The molecule has 7 heteroatoms. The van der Waals surface area contributed by atoms with Crippen LogP contribution in [-0.2, 0) is 10.6 Å². The lowest BCUT2D eigenvalue weighted by molar-refractivity contribution is -0.226. The van der Waals surface area contributed by atoms with E-state index in [0.717, 1.165) is 11.5 Å². The van der Waals surface area contributed by atoms with Crippen molar-refractivity contribution in [2.45, 2.75) is 24.7 Å². The van der Waals surface area contributed by atoms with Crippen LogP contribution in [-0.4, -0.2) is 32.5 Å². The molecule has 1 atom stereocenters. The van der Waals surface area contributed by atoms with Gasteiger partial charge in [-0.05, 0) is 36.6 Å². The Morgan fingerprint density at radius 3 is 2.14 bits per heavy atom. The van der Waals surface area contributed by atoms with Gasteiger partial charge in [0.2, 0.25) is 11.4 Å². The van der Waals surface area contributed by atoms with Gasteiger partial charge in [0.25, 0.3) is 0 Å². The number of carbonyl (C=O) groups is 2. The first-order valence-electron chi connectivity index (χ1n) is 9.00. The first-order valence-corrected chi connectivity index (χ1v) is 9.00. The molecule has 0 saturated heterocycles. The Hall–Kier alpha value is -3.58. The van der Waals surface area contributed by atoms with Gasteiger partial charge < -0.3 is 24.8 Å². The smallest absolute Gasteiger partial charge is 0.320 e. The zero-order chi connectivity index (χ0) is 20.6. The van der Waals surface area contributed by atoms with Gasteiger partial charge in [0.15, 0.2) is 0 Å². The zero-order valence-corrected chi connectivity index (χ0v) is 15.3. The van der Waals surface area contributed by atoms with Crippen molar-refractivity contribution >= 4 is 22.3 Å². The summed E-state index contributed by atoms with van der Waals surface area (Å²) in [4.78, 5) is 25.2. The van der Waals surface area contributed by atoms with Crippen molar-refractivity contribution in [3.05, 3.63) is 59.7 Å². The van der Waals surface area contributed by atoms with Crippen LogP contribution in [0.4, 0.5) is 0 Å². The van der Waals surface area contributed by atoms with Gasteiger partial charge in [-0.25, -0.2) is 0 Å². The average molecular weight is 392 g/mol. The Morgan fingerprint density at radius 2 is 1.55 bits per heavy atom. The van der Waals surface area contributed by atoms with E-state index in [1.54, 1.807) is 24.3 Å². The predicted octanol–water partition coefficient (Wildman–Crippen LogP) is 2.78. The van der Waals surface area contributed by atoms with E-state index in [4.69, 9.17) is 9.47 Å². The minimum absolute atomic E-state index is 0.210. The molecule has 3 N–H and O–H groups in total. The van der Waals surface area contributed by atoms with Crippen LogP contribution in [0.1, 0.15) is 29.3 Å². The van der Waals surface area contributed by atoms with Crippen LogP contribution < -0.4 is 9.47 Å². The number of rotatable bonds is 2. The second-order valence-electron chi connectivity index (χ2n) is 7.35. The molecule has 29 heavy (non-hydrogen) atoms. The summed E-state index contributed by atoms with van der Waals surface area (Å²) >= 11 is 0. The zero-order valence-electron chi connectivity index (χ0n) is 15.3. The van der Waals surface area contributed by atoms with E-state index in [2.05, 4.69) is 0 Å². The molecular weight excluding hydrogens is 376 g/mol. The SMILES string of the molecule is CC(=O)C[C@@]1(O)C(=O)c2c(O)ccc(O)c2C12Oc1cccc3cccc(c13)O2. The average Bonchev–Trinajstić information content (AvgIpc) is 2.84. The normalized spacial score (nSPS) is 21.0. The van der Waals surface area contributed by atoms with Crippen LogP contribution in [0, 0.1) is 0 Å². The molecular formula is C22H16O7. The highest BCUT2D eigenvalue weighted by atomic mass is 16.7. The van der Waals surface area contributed by atoms with Crippen LogP contribution in [0.2, 0.25) is 0 Å². The molecule has 0 saturated carbocycles. The molecule has 3 aromatic rings. The number of phenolic OH excluding ortho intramolecular Hbond substituents is 2. The topological polar surface area (TPSA) is 113 Å². The first-order chi connectivity index (χ1) is 13.8. The molecule has 0 amide bonds. The van der Waals surface area contributed by atoms with Crippen LogP contribution >= 0.6 is 0 Å². The van der Waals surface area contributed by atoms with Gasteiger partial charge in [0.05, 0.1) is 22.9 Å². The van der Waals surface area contributed by atoms with Gasteiger partial charge in [-0.1, -0.05) is 24.3 Å². The predicted molar refractivity (Wildman–Crippen MR) is 101 cm³/mol. The number of hydrogen-bond donors (Lipinski definition) is 3. The fourth-order valence-electron chi connectivity index (χ4n) is 4.31. The van der Waals surface area contributed by atoms with Crippen molar-refractivity contribution < 1.29 is 34.4 Å². The molecule has 5 rings (SSSR count). The lowest BCUT2D eigenvalue weighted by atomic mass is 9.86. The number of aliphatic hydroxyl groups is 1. The van der Waals surface area contributed by atoms with E-state index in [9.17, 15) is 24.9 Å². The molecule has 0 bridgehead atoms. The van der Waals surface area contributed by atoms with E-state index in [1.807, 2.05) is 12.1 Å². The first kappa shape index (κ1) is 17.5. The van der Waals surface area contributed by atoms with Crippen molar-refractivity contribution in [2.75, 3.05) is 0 Å². The van der Waals surface area contributed by atoms with Crippen LogP contribution in [0.25, 0.3) is 10.8 Å². The summed E-state index contributed by atoms with van der Waals surface area (Å²) in [6.07, 6.45) is -0.627. The molecule has 0 aromatic heterocycles. The highest BCUT2D eigenvalue weighted by Gasteiger charge is 2.71. The number of phenols is 2. The number of Topliss-reactive ketones (excluding diaryl/α,β-unsaturated/α-hetero) is 2. The summed E-state index contributed by atoms with van der Waals surface area (Å²) in [5.41, 5.74) is -3.04. The van der Waals surface area contributed by atoms with Crippen molar-refractivity contribution in [3.63, 3.8) is 0 Å². The minimum atomic E-state index is -2.49. The number of carbonyl (C=O) groups excluding carboxylic acids is 2. The summed E-state index contributed by atoms with van der Waals surface area (Å²) < 4.78 is 12.2. The quantitative estimate of drug-likeness (QED) is 0.575. The molecule has 146 valence electrons. The number of hydrogen-bond acceptors (Lipinski definition) is 7. The Labute approximate surface area is 164 Å². The van der Waals surface area contributed by atoms with Crippen molar-refractivity contribution in [1.29, 1.82) is 0 Å². The number of ketones is 2. The Balaban J connectivity index is 1.86. The third-order valence-corrected chi connectivity index (χ3v) is 5.48. The van der Waals surface area contributed by atoms with E-state index in [-0.39, 0.29) is 11.1 Å². The van der Waals surface area contributed by atoms with Gasteiger partial charge in [-0.3, -0.25) is 9.59 Å². The molecule has 0 radical (unpaired) electrons. The van der Waals surface area contributed by atoms with E-state index >= 15 is 0 Å². The third kappa shape index (κ3) is 2.05. The second-order valence-corrected chi connectivity index (χ2v) is 7.35. The Morgan fingerprint density at radius 1 is 0.966 bits per heavy atom. The highest BCUT2D eigenvalue weighted by Crippen LogP contribution is 2.58. The number of benzene rings is 3. The molecule has 3 aromatic carbocycles. The van der Waals surface area contributed by atoms with Crippen LogP contribution in [0.3, 0.4) is 0 Å². The maximum Gasteiger partial charge on any atom is 0.320 e. The number of ether oxygens (including phenoxy) is 2. The standard InChI is InChI=1S/C22H16O7/c1-11(23)10-21(27)20(26)18-13(24)8-9-14(25)19(18)22(21)28-15-6-2-4-12-5-3-7-16(29-22)17(12)15/h2-9,24-25,27H,10H2,1H3/t21-/m1/s1. The summed E-state index contributed by atoms with van der Waals surface area (Å²) in [6, 6.07) is 12.8. The lowest BCUT2D eigenvalue weighted by Gasteiger charge is -2.43. The molecule has 2 aliphatic rings. The van der Waals surface area contributed by atoms with Crippen molar-refractivity contribution in [1.82, 2.24) is 0 Å². The van der Waals surface area contributed by atoms with Crippen LogP contribution in [0.5, 0.6) is 23.0 Å². The van der Waals surface area contributed by atoms with Crippen molar-refractivity contribution in [2.24, 2.45) is 0 Å². The molecule has 0 fully saturated rings. The fraction of sp³-hybridized carbons (Fsp3) is 0.182. The summed E-state index contributed by atoms with van der Waals surface area (Å²) in [6.45, 7) is 1.22. The molecule has 7 nitrogen and oxygen atoms in total. The van der Waals surface area contributed by atoms with Crippen molar-refractivity contribution in [3.8, 4) is 23.0 Å². The Kier molecular flexibility index (Phi) is 3.31. The Bertz CT molecular complexity index is 1190. The molecule has 0 unspecified atom stereocenters. The molecule has 1 aliphatic heterocycles. The van der Waals surface area contributed by atoms with Gasteiger partial charge in [-0.2, -0.15) is 0 Å². The van der Waals surface area contributed by atoms with Gasteiger partial charge in [0.1, 0.15) is 28.8 Å². The maximum absolute atomic E-state index is 13.2. The maximum atomic E-state index is 13.2. The molecule has 1 spiro atoms. The minimum Gasteiger partial charge on any atom is -0.507 e. The summed E-state index contributed by atoms with van der Waals surface area (Å²) in [7, 11) is 0. The van der Waals surface area contributed by atoms with Gasteiger partial charge in [-0.15, -0.1) is 0 Å². The highest BCUT2D eigenvalue weighted by molar-refractivity contribution is 6.13. The second kappa shape index (κ2) is 5.48. The fourth-order valence-corrected chi connectivity index (χ4v) is 4.31. The number of fused-ring (bicyclic) bond motifs is 2.